The summed E-state index contributed by atoms with van der Waals surface area (Å²) in [6.45, 7) is 4.68. The zero-order valence-electron chi connectivity index (χ0n) is 3.84. The van der Waals surface area contributed by atoms with Crippen molar-refractivity contribution in [3.63, 3.8) is 0 Å². The summed E-state index contributed by atoms with van der Waals surface area (Å²) in [5.41, 5.74) is 0. The quantitative estimate of drug-likeness (QED) is 0.651. The SMILES string of the molecule is C=CC(C)=O.[Co].[Pt]. The number of ketones is 1. The van der Waals surface area contributed by atoms with Gasteiger partial charge in [-0.2, -0.15) is 0 Å². The van der Waals surface area contributed by atoms with E-state index < -0.39 is 0 Å². The summed E-state index contributed by atoms with van der Waals surface area (Å²) in [6.07, 6.45) is 1.28. The Morgan fingerprint density at radius 2 is 1.86 bits per heavy atom. The van der Waals surface area contributed by atoms with Gasteiger partial charge in [-0.3, -0.25) is 4.79 Å². The molecule has 0 spiro atoms. The summed E-state index contributed by atoms with van der Waals surface area (Å²) in [6, 6.07) is 0. The molecule has 47 valence electrons. The van der Waals surface area contributed by atoms with E-state index in [9.17, 15) is 4.79 Å². The van der Waals surface area contributed by atoms with Crippen LogP contribution < -0.4 is 0 Å². The van der Waals surface area contributed by atoms with Crippen molar-refractivity contribution in [3.8, 4) is 0 Å². The van der Waals surface area contributed by atoms with E-state index in [0.717, 1.165) is 0 Å². The topological polar surface area (TPSA) is 17.1 Å². The molecule has 1 radical (unpaired) electrons. The molecule has 0 aromatic rings. The first kappa shape index (κ1) is 15.6. The monoisotopic (exact) mass is 324 g/mol. The minimum absolute atomic E-state index is 0. The molecule has 0 aromatic heterocycles. The van der Waals surface area contributed by atoms with Gasteiger partial charge in [-0.25, -0.2) is 0 Å². The Morgan fingerprint density at radius 1 is 1.71 bits per heavy atom. The van der Waals surface area contributed by atoms with Crippen LogP contribution in [0.5, 0.6) is 0 Å². The second-order valence-corrected chi connectivity index (χ2v) is 0.815. The van der Waals surface area contributed by atoms with E-state index >= 15 is 0 Å². The second-order valence-electron chi connectivity index (χ2n) is 0.815. The van der Waals surface area contributed by atoms with Crippen molar-refractivity contribution in [3.05, 3.63) is 12.7 Å². The van der Waals surface area contributed by atoms with Gasteiger partial charge in [-0.1, -0.05) is 6.58 Å². The van der Waals surface area contributed by atoms with Crippen molar-refractivity contribution in [1.82, 2.24) is 0 Å². The van der Waals surface area contributed by atoms with Crippen LogP contribution in [0.2, 0.25) is 0 Å². The summed E-state index contributed by atoms with van der Waals surface area (Å²) in [7, 11) is 0. The summed E-state index contributed by atoms with van der Waals surface area (Å²) in [5, 5.41) is 0. The summed E-state index contributed by atoms with van der Waals surface area (Å²) in [5.74, 6) is 0.0185. The number of rotatable bonds is 1. The zero-order chi connectivity index (χ0) is 4.28. The molecule has 3 heteroatoms. The minimum Gasteiger partial charge on any atom is -0.295 e. The van der Waals surface area contributed by atoms with E-state index in [4.69, 9.17) is 0 Å². The number of carbonyl (C=O) groups excluding carboxylic acids is 1. The fourth-order valence-corrected chi connectivity index (χ4v) is 0. The first-order chi connectivity index (χ1) is 2.27. The van der Waals surface area contributed by atoms with Crippen LogP contribution in [-0.2, 0) is 42.6 Å². The predicted octanol–water partition coefficient (Wildman–Crippen LogP) is 0.756. The molecule has 0 N–H and O–H groups in total. The molecule has 0 bridgehead atoms. The normalized spacial score (nSPS) is 4.71. The van der Waals surface area contributed by atoms with E-state index in [1.165, 1.54) is 13.0 Å². The summed E-state index contributed by atoms with van der Waals surface area (Å²) >= 11 is 0. The number of hydrogen-bond acceptors (Lipinski definition) is 1. The molecule has 0 aromatic carbocycles. The van der Waals surface area contributed by atoms with Crippen LogP contribution in [0, 0.1) is 0 Å². The molecule has 0 fully saturated rings. The second kappa shape index (κ2) is 9.78. The smallest absolute Gasteiger partial charge is 0.152 e. The van der Waals surface area contributed by atoms with Gasteiger partial charge in [0, 0.05) is 37.8 Å². The molecule has 0 unspecified atom stereocenters. The van der Waals surface area contributed by atoms with Gasteiger partial charge in [0.1, 0.15) is 0 Å². The van der Waals surface area contributed by atoms with Crippen LogP contribution in [0.1, 0.15) is 6.92 Å². The van der Waals surface area contributed by atoms with Crippen LogP contribution in [0.15, 0.2) is 12.7 Å². The summed E-state index contributed by atoms with van der Waals surface area (Å²) < 4.78 is 0. The Morgan fingerprint density at radius 3 is 1.86 bits per heavy atom. The molecule has 0 saturated heterocycles. The first-order valence-electron chi connectivity index (χ1n) is 1.40. The van der Waals surface area contributed by atoms with Crippen LogP contribution in [0.25, 0.3) is 0 Å². The van der Waals surface area contributed by atoms with Gasteiger partial charge in [-0.15, -0.1) is 0 Å². The third-order valence-electron chi connectivity index (χ3n) is 0.287. The van der Waals surface area contributed by atoms with Crippen molar-refractivity contribution < 1.29 is 42.6 Å². The van der Waals surface area contributed by atoms with Gasteiger partial charge in [-0.05, 0) is 13.0 Å². The average molecular weight is 324 g/mol. The van der Waals surface area contributed by atoms with Crippen molar-refractivity contribution in [2.75, 3.05) is 0 Å². The molecule has 7 heavy (non-hydrogen) atoms. The average Bonchev–Trinajstić information content (AvgIpc) is 1.38. The minimum atomic E-state index is 0. The maximum Gasteiger partial charge on any atom is 0.152 e. The molecule has 0 aliphatic rings. The molecule has 1 nitrogen and oxygen atoms in total. The van der Waals surface area contributed by atoms with Gasteiger partial charge in [0.15, 0.2) is 5.78 Å². The number of hydrogen-bond donors (Lipinski definition) is 0. The molecule has 0 rings (SSSR count). The van der Waals surface area contributed by atoms with Gasteiger partial charge in [0.2, 0.25) is 0 Å². The van der Waals surface area contributed by atoms with Gasteiger partial charge < -0.3 is 0 Å². The van der Waals surface area contributed by atoms with Crippen LogP contribution in [0.3, 0.4) is 0 Å². The Kier molecular flexibility index (Phi) is 21.9. The fraction of sp³-hybridized carbons (Fsp3) is 0.250. The van der Waals surface area contributed by atoms with Crippen molar-refractivity contribution in [2.45, 2.75) is 6.92 Å². The number of carbonyl (C=O) groups is 1. The van der Waals surface area contributed by atoms with Crippen LogP contribution in [-0.4, -0.2) is 5.78 Å². The molecular formula is C4H6CoOPt. The molecule has 0 aliphatic heterocycles. The van der Waals surface area contributed by atoms with E-state index in [0.29, 0.717) is 0 Å². The van der Waals surface area contributed by atoms with Gasteiger partial charge >= 0.3 is 0 Å². The first-order valence-corrected chi connectivity index (χ1v) is 1.40. The van der Waals surface area contributed by atoms with Gasteiger partial charge in [0.25, 0.3) is 0 Å². The Bertz CT molecular complexity index is 62.7. The third kappa shape index (κ3) is 20.6. The van der Waals surface area contributed by atoms with Crippen LogP contribution >= 0.6 is 0 Å². The van der Waals surface area contributed by atoms with E-state index in [2.05, 4.69) is 6.58 Å². The van der Waals surface area contributed by atoms with Crippen molar-refractivity contribution >= 4 is 5.78 Å². The fourth-order valence-electron chi connectivity index (χ4n) is 0. The maximum absolute atomic E-state index is 9.69. The molecule has 0 atom stereocenters. The van der Waals surface area contributed by atoms with Crippen LogP contribution in [0.4, 0.5) is 0 Å². The molecular weight excluding hydrogens is 318 g/mol. The third-order valence-corrected chi connectivity index (χ3v) is 0.287. The Balaban J connectivity index is -0.0000000800. The van der Waals surface area contributed by atoms with Gasteiger partial charge in [0.05, 0.1) is 0 Å². The van der Waals surface area contributed by atoms with E-state index in [1.807, 2.05) is 0 Å². The van der Waals surface area contributed by atoms with E-state index in [1.54, 1.807) is 0 Å². The molecule has 0 heterocycles. The Hall–Kier alpha value is 0.605. The molecule has 0 amide bonds. The van der Waals surface area contributed by atoms with Crippen molar-refractivity contribution in [1.29, 1.82) is 0 Å². The Labute approximate surface area is 68.0 Å². The standard InChI is InChI=1S/C4H6O.Co.Pt/c1-3-4(2)5;;/h3H,1H2,2H3;;. The van der Waals surface area contributed by atoms with E-state index in [-0.39, 0.29) is 43.6 Å². The maximum atomic E-state index is 9.69. The molecule has 0 saturated carbocycles. The molecule has 0 aliphatic carbocycles. The zero-order valence-corrected chi connectivity index (χ0v) is 7.16. The van der Waals surface area contributed by atoms with Crippen molar-refractivity contribution in [2.24, 2.45) is 0 Å². The summed E-state index contributed by atoms with van der Waals surface area (Å²) in [4.78, 5) is 9.69. The number of allylic oxidation sites excluding steroid dienone is 1. The largest absolute Gasteiger partial charge is 0.295 e. The predicted molar refractivity (Wildman–Crippen MR) is 20.9 cm³/mol.